The van der Waals surface area contributed by atoms with E-state index in [9.17, 15) is 14.4 Å². The smallest absolute Gasteiger partial charge is 0.337 e. The quantitative estimate of drug-likeness (QED) is 0.747. The standard InChI is InChI=1S/C12H11N3O4/c13-12(19)14-9(16)6-15-5-4-7-2-1-3-8(10(7)15)11(17)18/h1-5H,6H2,(H,17,18)(H3,13,14,16,19). The molecule has 2 aromatic rings. The summed E-state index contributed by atoms with van der Waals surface area (Å²) in [5.74, 6) is -1.69. The number of urea groups is 1. The van der Waals surface area contributed by atoms with Gasteiger partial charge in [-0.15, -0.1) is 0 Å². The Labute approximate surface area is 107 Å². The van der Waals surface area contributed by atoms with E-state index in [1.807, 2.05) is 5.32 Å². The van der Waals surface area contributed by atoms with E-state index in [2.05, 4.69) is 0 Å². The van der Waals surface area contributed by atoms with E-state index in [4.69, 9.17) is 10.8 Å². The number of primary amides is 1. The average molecular weight is 261 g/mol. The van der Waals surface area contributed by atoms with Gasteiger partial charge in [-0.2, -0.15) is 0 Å². The molecule has 0 aliphatic heterocycles. The van der Waals surface area contributed by atoms with Crippen LogP contribution in [0.15, 0.2) is 30.5 Å². The van der Waals surface area contributed by atoms with E-state index < -0.39 is 17.9 Å². The zero-order valence-corrected chi connectivity index (χ0v) is 9.79. The van der Waals surface area contributed by atoms with Gasteiger partial charge in [0.2, 0.25) is 5.91 Å². The lowest BCUT2D eigenvalue weighted by Gasteiger charge is -2.07. The molecule has 3 amide bonds. The first-order valence-corrected chi connectivity index (χ1v) is 5.39. The van der Waals surface area contributed by atoms with Crippen LogP contribution >= 0.6 is 0 Å². The van der Waals surface area contributed by atoms with Gasteiger partial charge in [0.25, 0.3) is 0 Å². The molecule has 0 aliphatic carbocycles. The Morgan fingerprint density at radius 1 is 1.26 bits per heavy atom. The number of imide groups is 1. The number of nitrogens with zero attached hydrogens (tertiary/aromatic N) is 1. The van der Waals surface area contributed by atoms with Crippen molar-refractivity contribution in [1.29, 1.82) is 0 Å². The largest absolute Gasteiger partial charge is 0.478 e. The van der Waals surface area contributed by atoms with E-state index >= 15 is 0 Å². The lowest BCUT2D eigenvalue weighted by Crippen LogP contribution is -2.37. The van der Waals surface area contributed by atoms with Crippen molar-refractivity contribution in [3.8, 4) is 0 Å². The molecule has 0 aliphatic rings. The topological polar surface area (TPSA) is 114 Å². The van der Waals surface area contributed by atoms with E-state index in [1.165, 1.54) is 10.6 Å². The zero-order valence-electron chi connectivity index (χ0n) is 9.79. The highest BCUT2D eigenvalue weighted by atomic mass is 16.4. The van der Waals surface area contributed by atoms with Crippen molar-refractivity contribution < 1.29 is 19.5 Å². The van der Waals surface area contributed by atoms with E-state index in [1.54, 1.807) is 24.4 Å². The Balaban J connectivity index is 2.41. The molecule has 0 saturated carbocycles. The minimum atomic E-state index is -1.08. The predicted molar refractivity (Wildman–Crippen MR) is 66.6 cm³/mol. The lowest BCUT2D eigenvalue weighted by molar-refractivity contribution is -0.120. The van der Waals surface area contributed by atoms with Crippen LogP contribution in [0.4, 0.5) is 4.79 Å². The molecule has 1 heterocycles. The number of carboxylic acid groups (broad SMARTS) is 1. The third-order valence-corrected chi connectivity index (χ3v) is 2.60. The highest BCUT2D eigenvalue weighted by Crippen LogP contribution is 2.20. The zero-order chi connectivity index (χ0) is 14.0. The molecule has 0 atom stereocenters. The van der Waals surface area contributed by atoms with Crippen LogP contribution in [0.3, 0.4) is 0 Å². The summed E-state index contributed by atoms with van der Waals surface area (Å²) in [6.07, 6.45) is 1.58. The van der Waals surface area contributed by atoms with E-state index in [-0.39, 0.29) is 12.1 Å². The predicted octanol–water partition coefficient (Wildman–Crippen LogP) is 0.534. The Hall–Kier alpha value is -2.83. The Morgan fingerprint density at radius 3 is 2.63 bits per heavy atom. The monoisotopic (exact) mass is 261 g/mol. The normalized spacial score (nSPS) is 10.3. The summed E-state index contributed by atoms with van der Waals surface area (Å²) in [6, 6.07) is 5.57. The number of fused-ring (bicyclic) bond motifs is 1. The number of para-hydroxylation sites is 1. The molecule has 0 spiro atoms. The summed E-state index contributed by atoms with van der Waals surface area (Å²) in [4.78, 5) is 33.2. The maximum Gasteiger partial charge on any atom is 0.337 e. The fraction of sp³-hybridized carbons (Fsp3) is 0.0833. The minimum Gasteiger partial charge on any atom is -0.478 e. The maximum atomic E-state index is 11.5. The highest BCUT2D eigenvalue weighted by molar-refractivity contribution is 6.03. The molecule has 7 heteroatoms. The van der Waals surface area contributed by atoms with Crippen LogP contribution in [0.5, 0.6) is 0 Å². The summed E-state index contributed by atoms with van der Waals surface area (Å²) in [6.45, 7) is -0.184. The number of hydrogen-bond donors (Lipinski definition) is 3. The van der Waals surface area contributed by atoms with Crippen molar-refractivity contribution in [2.45, 2.75) is 6.54 Å². The van der Waals surface area contributed by atoms with Crippen LogP contribution in [0.2, 0.25) is 0 Å². The molecule has 2 rings (SSSR count). The van der Waals surface area contributed by atoms with Gasteiger partial charge in [0.1, 0.15) is 6.54 Å². The van der Waals surface area contributed by atoms with Crippen molar-refractivity contribution in [2.75, 3.05) is 0 Å². The fourth-order valence-corrected chi connectivity index (χ4v) is 1.90. The van der Waals surface area contributed by atoms with Crippen molar-refractivity contribution in [2.24, 2.45) is 5.73 Å². The summed E-state index contributed by atoms with van der Waals surface area (Å²) >= 11 is 0. The van der Waals surface area contributed by atoms with Gasteiger partial charge in [-0.05, 0) is 12.1 Å². The maximum absolute atomic E-state index is 11.5. The van der Waals surface area contributed by atoms with Gasteiger partial charge in [-0.1, -0.05) is 12.1 Å². The molecule has 1 aromatic heterocycles. The molecular weight excluding hydrogens is 250 g/mol. The molecule has 0 saturated heterocycles. The number of carbonyl (C=O) groups is 3. The molecule has 98 valence electrons. The Bertz CT molecular complexity index is 675. The summed E-state index contributed by atoms with van der Waals surface area (Å²) < 4.78 is 1.46. The number of rotatable bonds is 3. The van der Waals surface area contributed by atoms with Crippen LogP contribution in [0, 0.1) is 0 Å². The number of carbonyl (C=O) groups excluding carboxylic acids is 2. The van der Waals surface area contributed by atoms with Gasteiger partial charge in [0.15, 0.2) is 0 Å². The second-order valence-corrected chi connectivity index (χ2v) is 3.90. The Kier molecular flexibility index (Phi) is 3.19. The number of benzene rings is 1. The summed E-state index contributed by atoms with van der Waals surface area (Å²) in [7, 11) is 0. The van der Waals surface area contributed by atoms with Crippen molar-refractivity contribution in [1.82, 2.24) is 9.88 Å². The molecule has 0 radical (unpaired) electrons. The van der Waals surface area contributed by atoms with Crippen LogP contribution in [-0.4, -0.2) is 27.6 Å². The Morgan fingerprint density at radius 2 is 2.00 bits per heavy atom. The van der Waals surface area contributed by atoms with Gasteiger partial charge in [-0.3, -0.25) is 10.1 Å². The first-order valence-electron chi connectivity index (χ1n) is 5.39. The molecule has 0 bridgehead atoms. The molecule has 19 heavy (non-hydrogen) atoms. The molecule has 4 N–H and O–H groups in total. The van der Waals surface area contributed by atoms with Gasteiger partial charge >= 0.3 is 12.0 Å². The van der Waals surface area contributed by atoms with Crippen LogP contribution in [-0.2, 0) is 11.3 Å². The highest BCUT2D eigenvalue weighted by Gasteiger charge is 2.14. The van der Waals surface area contributed by atoms with E-state index in [0.717, 1.165) is 0 Å². The SMILES string of the molecule is NC(=O)NC(=O)Cn1ccc2cccc(C(=O)O)c21. The number of nitrogens with two attached hydrogens (primary N) is 1. The molecule has 7 nitrogen and oxygen atoms in total. The second-order valence-electron chi connectivity index (χ2n) is 3.90. The van der Waals surface area contributed by atoms with Crippen molar-refractivity contribution in [3.63, 3.8) is 0 Å². The van der Waals surface area contributed by atoms with Crippen molar-refractivity contribution >= 4 is 28.8 Å². The number of hydrogen-bond acceptors (Lipinski definition) is 3. The summed E-state index contributed by atoms with van der Waals surface area (Å²) in [5, 5.41) is 11.7. The number of nitrogens with one attached hydrogen (secondary N) is 1. The number of amides is 3. The van der Waals surface area contributed by atoms with Crippen LogP contribution in [0.1, 0.15) is 10.4 Å². The summed E-state index contributed by atoms with van der Waals surface area (Å²) in [5.41, 5.74) is 5.36. The first-order chi connectivity index (χ1) is 8.99. The fourth-order valence-electron chi connectivity index (χ4n) is 1.90. The molecule has 1 aromatic carbocycles. The average Bonchev–Trinajstić information content (AvgIpc) is 2.71. The second kappa shape index (κ2) is 4.81. The minimum absolute atomic E-state index is 0.0920. The number of aromatic carboxylic acids is 1. The number of carboxylic acids is 1. The first kappa shape index (κ1) is 12.6. The van der Waals surface area contributed by atoms with Gasteiger partial charge in [0.05, 0.1) is 11.1 Å². The van der Waals surface area contributed by atoms with Crippen LogP contribution < -0.4 is 11.1 Å². The molecular formula is C12H11N3O4. The van der Waals surface area contributed by atoms with E-state index in [0.29, 0.717) is 10.9 Å². The molecule has 0 unspecified atom stereocenters. The third-order valence-electron chi connectivity index (χ3n) is 2.60. The number of aromatic nitrogens is 1. The van der Waals surface area contributed by atoms with Crippen LogP contribution in [0.25, 0.3) is 10.9 Å². The third kappa shape index (κ3) is 2.54. The van der Waals surface area contributed by atoms with Gasteiger partial charge in [0, 0.05) is 11.6 Å². The van der Waals surface area contributed by atoms with Crippen molar-refractivity contribution in [3.05, 3.63) is 36.0 Å². The lowest BCUT2D eigenvalue weighted by atomic mass is 10.1. The van der Waals surface area contributed by atoms with Gasteiger partial charge in [-0.25, -0.2) is 9.59 Å². The molecule has 0 fully saturated rings. The van der Waals surface area contributed by atoms with Gasteiger partial charge < -0.3 is 15.4 Å².